The van der Waals surface area contributed by atoms with Crippen LogP contribution >= 0.6 is 11.3 Å². The minimum absolute atomic E-state index is 0.00724. The van der Waals surface area contributed by atoms with Crippen molar-refractivity contribution in [2.75, 3.05) is 6.54 Å². The third kappa shape index (κ3) is 5.34. The highest BCUT2D eigenvalue weighted by Crippen LogP contribution is 2.32. The first kappa shape index (κ1) is 19.9. The van der Waals surface area contributed by atoms with E-state index in [0.29, 0.717) is 22.9 Å². The summed E-state index contributed by atoms with van der Waals surface area (Å²) in [6.07, 6.45) is -0.634. The van der Waals surface area contributed by atoms with Gasteiger partial charge in [-0.3, -0.25) is 0 Å². The Morgan fingerprint density at radius 2 is 1.89 bits per heavy atom. The summed E-state index contributed by atoms with van der Waals surface area (Å²) in [6, 6.07) is 12.4. The molecular formula is C20H16F3N3OS. The Hall–Kier alpha value is -2.84. The van der Waals surface area contributed by atoms with Crippen molar-refractivity contribution in [3.8, 4) is 11.3 Å². The van der Waals surface area contributed by atoms with Crippen LogP contribution in [0.4, 0.5) is 18.3 Å². The second kappa shape index (κ2) is 8.90. The second-order valence-electron chi connectivity index (χ2n) is 5.82. The fourth-order valence-corrected chi connectivity index (χ4v) is 3.07. The molecule has 0 atom stereocenters. The molecule has 1 heterocycles. The van der Waals surface area contributed by atoms with Gasteiger partial charge in [0.15, 0.2) is 0 Å². The van der Waals surface area contributed by atoms with Gasteiger partial charge in [0, 0.05) is 10.9 Å². The SMILES string of the molecule is OCc1cccc(C=CCN=Nc2nc(-c3ccc(C(F)(F)F)cc3)cs2)c1. The van der Waals surface area contributed by atoms with Gasteiger partial charge < -0.3 is 5.11 Å². The van der Waals surface area contributed by atoms with Crippen LogP contribution in [-0.4, -0.2) is 16.6 Å². The van der Waals surface area contributed by atoms with Crippen molar-refractivity contribution in [3.63, 3.8) is 0 Å². The van der Waals surface area contributed by atoms with E-state index in [1.165, 1.54) is 23.5 Å². The summed E-state index contributed by atoms with van der Waals surface area (Å²) in [5, 5.41) is 19.4. The van der Waals surface area contributed by atoms with E-state index in [1.807, 2.05) is 36.4 Å². The van der Waals surface area contributed by atoms with Gasteiger partial charge in [-0.15, -0.1) is 16.5 Å². The summed E-state index contributed by atoms with van der Waals surface area (Å²) in [7, 11) is 0. The van der Waals surface area contributed by atoms with Crippen LogP contribution in [0.2, 0.25) is 0 Å². The molecule has 0 saturated carbocycles. The number of nitrogens with zero attached hydrogens (tertiary/aromatic N) is 3. The van der Waals surface area contributed by atoms with Gasteiger partial charge in [-0.05, 0) is 29.3 Å². The third-order valence-electron chi connectivity index (χ3n) is 3.79. The molecule has 0 radical (unpaired) electrons. The number of benzene rings is 2. The molecule has 0 aliphatic rings. The highest BCUT2D eigenvalue weighted by atomic mass is 32.1. The zero-order chi connectivity index (χ0) is 20.0. The van der Waals surface area contributed by atoms with Crippen LogP contribution < -0.4 is 0 Å². The Kier molecular flexibility index (Phi) is 6.33. The van der Waals surface area contributed by atoms with E-state index in [2.05, 4.69) is 15.2 Å². The average molecular weight is 403 g/mol. The van der Waals surface area contributed by atoms with Gasteiger partial charge in [0.05, 0.1) is 24.4 Å². The summed E-state index contributed by atoms with van der Waals surface area (Å²) in [6.45, 7) is 0.352. The maximum atomic E-state index is 12.6. The fraction of sp³-hybridized carbons (Fsp3) is 0.150. The predicted molar refractivity (Wildman–Crippen MR) is 103 cm³/mol. The summed E-state index contributed by atoms with van der Waals surface area (Å²) >= 11 is 1.27. The molecule has 2 aromatic carbocycles. The van der Waals surface area contributed by atoms with Crippen LogP contribution in [0.1, 0.15) is 16.7 Å². The molecule has 3 aromatic rings. The predicted octanol–water partition coefficient (Wildman–Crippen LogP) is 6.12. The molecule has 0 aliphatic heterocycles. The molecule has 0 unspecified atom stereocenters. The van der Waals surface area contributed by atoms with E-state index in [1.54, 1.807) is 5.38 Å². The number of thiazole rings is 1. The number of aliphatic hydroxyl groups is 1. The molecule has 0 amide bonds. The van der Waals surface area contributed by atoms with Crippen molar-refractivity contribution in [1.82, 2.24) is 4.98 Å². The first-order valence-corrected chi connectivity index (χ1v) is 9.20. The van der Waals surface area contributed by atoms with Gasteiger partial charge in [0.25, 0.3) is 0 Å². The van der Waals surface area contributed by atoms with Crippen LogP contribution in [0.3, 0.4) is 0 Å². The van der Waals surface area contributed by atoms with Crippen molar-refractivity contribution < 1.29 is 18.3 Å². The largest absolute Gasteiger partial charge is 0.416 e. The zero-order valence-corrected chi connectivity index (χ0v) is 15.4. The molecule has 0 fully saturated rings. The lowest BCUT2D eigenvalue weighted by molar-refractivity contribution is -0.137. The van der Waals surface area contributed by atoms with Gasteiger partial charge in [0.1, 0.15) is 0 Å². The van der Waals surface area contributed by atoms with E-state index in [-0.39, 0.29) is 6.61 Å². The molecule has 0 saturated heterocycles. The van der Waals surface area contributed by atoms with E-state index in [9.17, 15) is 13.2 Å². The Balaban J connectivity index is 1.59. The molecular weight excluding hydrogens is 387 g/mol. The first-order chi connectivity index (χ1) is 13.5. The number of aromatic nitrogens is 1. The average Bonchev–Trinajstić information content (AvgIpc) is 3.16. The summed E-state index contributed by atoms with van der Waals surface area (Å²) < 4.78 is 37.9. The topological polar surface area (TPSA) is 57.8 Å². The lowest BCUT2D eigenvalue weighted by Gasteiger charge is -2.06. The molecule has 144 valence electrons. The van der Waals surface area contributed by atoms with E-state index < -0.39 is 11.7 Å². The molecule has 0 bridgehead atoms. The van der Waals surface area contributed by atoms with Crippen molar-refractivity contribution in [3.05, 3.63) is 76.7 Å². The Bertz CT molecular complexity index is 979. The number of halogens is 3. The number of azo groups is 1. The van der Waals surface area contributed by atoms with Gasteiger partial charge in [0.2, 0.25) is 5.13 Å². The number of rotatable bonds is 6. The lowest BCUT2D eigenvalue weighted by Crippen LogP contribution is -2.03. The van der Waals surface area contributed by atoms with E-state index in [4.69, 9.17) is 5.11 Å². The van der Waals surface area contributed by atoms with Gasteiger partial charge in [-0.2, -0.15) is 18.3 Å². The third-order valence-corrected chi connectivity index (χ3v) is 4.51. The van der Waals surface area contributed by atoms with E-state index >= 15 is 0 Å². The number of hydrogen-bond acceptors (Lipinski definition) is 5. The number of hydrogen-bond donors (Lipinski definition) is 1. The maximum absolute atomic E-state index is 12.6. The molecule has 0 aliphatic carbocycles. The smallest absolute Gasteiger partial charge is 0.392 e. The molecule has 0 spiro atoms. The zero-order valence-electron chi connectivity index (χ0n) is 14.6. The molecule has 3 rings (SSSR count). The summed E-state index contributed by atoms with van der Waals surface area (Å²) in [5.41, 5.74) is 2.25. The lowest BCUT2D eigenvalue weighted by atomic mass is 10.1. The summed E-state index contributed by atoms with van der Waals surface area (Å²) in [4.78, 5) is 4.28. The molecule has 1 aromatic heterocycles. The highest BCUT2D eigenvalue weighted by Gasteiger charge is 2.30. The maximum Gasteiger partial charge on any atom is 0.416 e. The van der Waals surface area contributed by atoms with Gasteiger partial charge in [-0.25, -0.2) is 4.98 Å². The minimum Gasteiger partial charge on any atom is -0.392 e. The first-order valence-electron chi connectivity index (χ1n) is 8.33. The normalized spacial score (nSPS) is 12.3. The second-order valence-corrected chi connectivity index (χ2v) is 6.66. The monoisotopic (exact) mass is 403 g/mol. The molecule has 8 heteroatoms. The quantitative estimate of drug-likeness (QED) is 0.504. The molecule has 28 heavy (non-hydrogen) atoms. The van der Waals surface area contributed by atoms with Gasteiger partial charge >= 0.3 is 6.18 Å². The van der Waals surface area contributed by atoms with E-state index in [0.717, 1.165) is 23.3 Å². The van der Waals surface area contributed by atoms with Crippen molar-refractivity contribution in [1.29, 1.82) is 0 Å². The van der Waals surface area contributed by atoms with Gasteiger partial charge in [-0.1, -0.05) is 42.5 Å². The molecule has 4 nitrogen and oxygen atoms in total. The number of alkyl halides is 3. The van der Waals surface area contributed by atoms with Crippen LogP contribution in [0.5, 0.6) is 0 Å². The minimum atomic E-state index is -4.35. The van der Waals surface area contributed by atoms with Crippen molar-refractivity contribution in [2.45, 2.75) is 12.8 Å². The van der Waals surface area contributed by atoms with Crippen LogP contribution in [0.15, 0.2) is 70.2 Å². The highest BCUT2D eigenvalue weighted by molar-refractivity contribution is 7.13. The Morgan fingerprint density at radius 1 is 1.11 bits per heavy atom. The van der Waals surface area contributed by atoms with Crippen molar-refractivity contribution in [2.24, 2.45) is 10.2 Å². The molecule has 1 N–H and O–H groups in total. The van der Waals surface area contributed by atoms with Crippen molar-refractivity contribution >= 4 is 22.5 Å². The summed E-state index contributed by atoms with van der Waals surface area (Å²) in [5.74, 6) is 0. The van der Waals surface area contributed by atoms with Crippen LogP contribution in [0.25, 0.3) is 17.3 Å². The number of aliphatic hydroxyl groups excluding tert-OH is 1. The van der Waals surface area contributed by atoms with Crippen LogP contribution in [-0.2, 0) is 12.8 Å². The standard InChI is InChI=1S/C20H16F3N3OS/c21-20(22,23)17-8-6-16(7-9-17)18-13-28-19(25-18)26-24-10-2-5-14-3-1-4-15(11-14)12-27/h1-9,11,13,27H,10,12H2. The Labute approximate surface area is 163 Å². The Morgan fingerprint density at radius 3 is 2.61 bits per heavy atom. The fourth-order valence-electron chi connectivity index (χ4n) is 2.41. The van der Waals surface area contributed by atoms with Crippen LogP contribution in [0, 0.1) is 0 Å².